The first-order valence-corrected chi connectivity index (χ1v) is 9.28. The van der Waals surface area contributed by atoms with Crippen LogP contribution in [0.15, 0.2) is 48.5 Å². The maximum absolute atomic E-state index is 12.5. The van der Waals surface area contributed by atoms with Gasteiger partial charge in [0.25, 0.3) is 5.91 Å². The average Bonchev–Trinajstić information content (AvgIpc) is 2.62. The molecule has 2 aromatic rings. The molecule has 0 aliphatic rings. The molecule has 2 atom stereocenters. The van der Waals surface area contributed by atoms with Gasteiger partial charge in [0.15, 0.2) is 6.04 Å². The van der Waals surface area contributed by atoms with E-state index in [0.717, 1.165) is 6.42 Å². The summed E-state index contributed by atoms with van der Waals surface area (Å²) in [5.41, 5.74) is 3.29. The lowest BCUT2D eigenvalue weighted by Gasteiger charge is -2.18. The lowest BCUT2D eigenvalue weighted by molar-refractivity contribution is -0.709. The quantitative estimate of drug-likeness (QED) is 0.761. The number of hydrogen-bond donors (Lipinski definition) is 2. The highest BCUT2D eigenvalue weighted by atomic mass is 16.5. The molecule has 0 bridgehead atoms. The second-order valence-corrected chi connectivity index (χ2v) is 7.30. The summed E-state index contributed by atoms with van der Waals surface area (Å²) >= 11 is 0. The number of quaternary nitrogens is 1. The smallest absolute Gasteiger partial charge is 0.282 e. The molecule has 0 heterocycles. The van der Waals surface area contributed by atoms with Gasteiger partial charge in [-0.2, -0.15) is 0 Å². The number of anilines is 1. The van der Waals surface area contributed by atoms with Crippen molar-refractivity contribution in [3.63, 3.8) is 0 Å². The summed E-state index contributed by atoms with van der Waals surface area (Å²) in [6, 6.07) is 16.2. The van der Waals surface area contributed by atoms with Crippen LogP contribution >= 0.6 is 0 Å². The van der Waals surface area contributed by atoms with Gasteiger partial charge >= 0.3 is 0 Å². The molecule has 0 aromatic heterocycles. The normalized spacial score (nSPS) is 13.3. The van der Waals surface area contributed by atoms with Gasteiger partial charge in [-0.1, -0.05) is 50.2 Å². The maximum atomic E-state index is 12.5. The molecular weight excluding hydrogens is 324 g/mol. The Morgan fingerprint density at radius 3 is 2.31 bits per heavy atom. The number of carbonyl (C=O) groups excluding carboxylic acids is 1. The van der Waals surface area contributed by atoms with Gasteiger partial charge in [0.05, 0.1) is 12.8 Å². The molecule has 0 fully saturated rings. The molecular formula is C22H31N2O2+. The molecule has 0 aliphatic carbocycles. The minimum absolute atomic E-state index is 0.0298. The Labute approximate surface area is 157 Å². The molecule has 1 amide bonds. The molecule has 26 heavy (non-hydrogen) atoms. The van der Waals surface area contributed by atoms with E-state index in [1.165, 1.54) is 11.1 Å². The number of hydrogen-bond acceptors (Lipinski definition) is 2. The fourth-order valence-electron chi connectivity index (χ4n) is 3.05. The van der Waals surface area contributed by atoms with Crippen LogP contribution in [0.2, 0.25) is 0 Å². The number of nitrogens with two attached hydrogens (primary N) is 1. The van der Waals surface area contributed by atoms with E-state index < -0.39 is 0 Å². The van der Waals surface area contributed by atoms with Crippen molar-refractivity contribution in [2.75, 3.05) is 12.4 Å². The van der Waals surface area contributed by atoms with Crippen LogP contribution in [-0.4, -0.2) is 19.1 Å². The van der Waals surface area contributed by atoms with Gasteiger partial charge in [0.1, 0.15) is 11.8 Å². The SMILES string of the molecule is COc1ccccc1NC(=O)[C@@H](C)[NH2+][C@H](C)c1ccc(CC(C)C)cc1. The van der Waals surface area contributed by atoms with Gasteiger partial charge in [0, 0.05) is 5.56 Å². The minimum Gasteiger partial charge on any atom is -0.495 e. The first kappa shape index (κ1) is 20.0. The molecule has 0 radical (unpaired) electrons. The van der Waals surface area contributed by atoms with E-state index in [0.29, 0.717) is 17.4 Å². The molecule has 2 aromatic carbocycles. The van der Waals surface area contributed by atoms with Gasteiger partial charge in [0.2, 0.25) is 0 Å². The molecule has 0 aliphatic heterocycles. The number of rotatable bonds is 8. The molecule has 4 heteroatoms. The van der Waals surface area contributed by atoms with Crippen LogP contribution in [0.5, 0.6) is 5.75 Å². The van der Waals surface area contributed by atoms with Gasteiger partial charge in [-0.25, -0.2) is 0 Å². The number of benzene rings is 2. The van der Waals surface area contributed by atoms with Crippen LogP contribution in [0, 0.1) is 5.92 Å². The largest absolute Gasteiger partial charge is 0.495 e. The predicted molar refractivity (Wildman–Crippen MR) is 106 cm³/mol. The fourth-order valence-corrected chi connectivity index (χ4v) is 3.05. The molecule has 0 saturated heterocycles. The average molecular weight is 356 g/mol. The lowest BCUT2D eigenvalue weighted by atomic mass is 9.99. The number of carbonyl (C=O) groups is 1. The predicted octanol–water partition coefficient (Wildman–Crippen LogP) is 3.55. The van der Waals surface area contributed by atoms with Crippen molar-refractivity contribution in [3.8, 4) is 5.75 Å². The van der Waals surface area contributed by atoms with E-state index in [4.69, 9.17) is 4.74 Å². The highest BCUT2D eigenvalue weighted by Crippen LogP contribution is 2.23. The summed E-state index contributed by atoms with van der Waals surface area (Å²) in [6.45, 7) is 8.51. The number of ether oxygens (including phenoxy) is 1. The lowest BCUT2D eigenvalue weighted by Crippen LogP contribution is -2.91. The first-order valence-electron chi connectivity index (χ1n) is 9.28. The standard InChI is InChI=1S/C22H30N2O2/c1-15(2)14-18-10-12-19(13-11-18)16(3)23-17(4)22(25)24-20-8-6-7-9-21(20)26-5/h6-13,15-17,23H,14H2,1-5H3,(H,24,25)/p+1/t16-,17-/m1/s1. The number of amides is 1. The molecule has 4 nitrogen and oxygen atoms in total. The van der Waals surface area contributed by atoms with Crippen molar-refractivity contribution in [1.29, 1.82) is 0 Å². The van der Waals surface area contributed by atoms with Crippen molar-refractivity contribution in [1.82, 2.24) is 0 Å². The van der Waals surface area contributed by atoms with E-state index in [1.54, 1.807) is 7.11 Å². The van der Waals surface area contributed by atoms with E-state index >= 15 is 0 Å². The number of para-hydroxylation sites is 2. The van der Waals surface area contributed by atoms with Crippen molar-refractivity contribution in [2.24, 2.45) is 5.92 Å². The maximum Gasteiger partial charge on any atom is 0.282 e. The summed E-state index contributed by atoms with van der Waals surface area (Å²) in [6.07, 6.45) is 1.09. The Morgan fingerprint density at radius 2 is 1.69 bits per heavy atom. The van der Waals surface area contributed by atoms with Crippen molar-refractivity contribution >= 4 is 11.6 Å². The van der Waals surface area contributed by atoms with Crippen LogP contribution in [0.3, 0.4) is 0 Å². The molecule has 140 valence electrons. The van der Waals surface area contributed by atoms with Crippen LogP contribution in [0.4, 0.5) is 5.69 Å². The molecule has 0 spiro atoms. The zero-order chi connectivity index (χ0) is 19.1. The van der Waals surface area contributed by atoms with Crippen LogP contribution in [0.25, 0.3) is 0 Å². The number of nitrogens with one attached hydrogen (secondary N) is 1. The molecule has 2 rings (SSSR count). The zero-order valence-electron chi connectivity index (χ0n) is 16.5. The summed E-state index contributed by atoms with van der Waals surface area (Å²) in [5.74, 6) is 1.29. The van der Waals surface area contributed by atoms with E-state index in [-0.39, 0.29) is 18.0 Å². The molecule has 0 saturated carbocycles. The molecule has 0 unspecified atom stereocenters. The van der Waals surface area contributed by atoms with Gasteiger partial charge in [-0.15, -0.1) is 0 Å². The Bertz CT molecular complexity index is 710. The van der Waals surface area contributed by atoms with Crippen LogP contribution in [-0.2, 0) is 11.2 Å². The Hall–Kier alpha value is -2.33. The highest BCUT2D eigenvalue weighted by Gasteiger charge is 2.21. The topological polar surface area (TPSA) is 54.9 Å². The monoisotopic (exact) mass is 355 g/mol. The Kier molecular flexibility index (Phi) is 7.22. The van der Waals surface area contributed by atoms with E-state index in [2.05, 4.69) is 55.7 Å². The third kappa shape index (κ3) is 5.60. The summed E-state index contributed by atoms with van der Waals surface area (Å²) in [7, 11) is 1.60. The van der Waals surface area contributed by atoms with Gasteiger partial charge < -0.3 is 15.4 Å². The van der Waals surface area contributed by atoms with E-state index in [9.17, 15) is 4.79 Å². The van der Waals surface area contributed by atoms with Crippen LogP contribution in [0.1, 0.15) is 44.9 Å². The zero-order valence-corrected chi connectivity index (χ0v) is 16.5. The number of methoxy groups -OCH3 is 1. The highest BCUT2D eigenvalue weighted by molar-refractivity contribution is 5.94. The van der Waals surface area contributed by atoms with Crippen molar-refractivity contribution in [3.05, 3.63) is 59.7 Å². The fraction of sp³-hybridized carbons (Fsp3) is 0.409. The minimum atomic E-state index is -0.203. The Morgan fingerprint density at radius 1 is 1.04 bits per heavy atom. The third-order valence-electron chi connectivity index (χ3n) is 4.51. The second-order valence-electron chi connectivity index (χ2n) is 7.30. The Balaban J connectivity index is 1.95. The first-order chi connectivity index (χ1) is 12.4. The second kappa shape index (κ2) is 9.39. The van der Waals surface area contributed by atoms with Crippen molar-refractivity contribution in [2.45, 2.75) is 46.2 Å². The summed E-state index contributed by atoms with van der Waals surface area (Å²) in [5, 5.41) is 5.04. The summed E-state index contributed by atoms with van der Waals surface area (Å²) in [4.78, 5) is 12.5. The molecule has 3 N–H and O–H groups in total. The van der Waals surface area contributed by atoms with Crippen molar-refractivity contribution < 1.29 is 14.8 Å². The van der Waals surface area contributed by atoms with Gasteiger partial charge in [-0.05, 0) is 43.9 Å². The summed E-state index contributed by atoms with van der Waals surface area (Å²) < 4.78 is 5.29. The van der Waals surface area contributed by atoms with Gasteiger partial charge in [-0.3, -0.25) is 4.79 Å². The van der Waals surface area contributed by atoms with E-state index in [1.807, 2.05) is 31.2 Å². The van der Waals surface area contributed by atoms with Crippen LogP contribution < -0.4 is 15.4 Å². The third-order valence-corrected chi connectivity index (χ3v) is 4.51.